The average Bonchev–Trinajstić information content (AvgIpc) is 2.38. The van der Waals surface area contributed by atoms with Crippen molar-refractivity contribution in [2.75, 3.05) is 0 Å². The van der Waals surface area contributed by atoms with E-state index in [1.165, 1.54) is 0 Å². The van der Waals surface area contributed by atoms with Crippen LogP contribution in [0.15, 0.2) is 0 Å². The highest BCUT2D eigenvalue weighted by molar-refractivity contribution is 5.18. The first-order valence-corrected chi connectivity index (χ1v) is 4.71. The van der Waals surface area contributed by atoms with Gasteiger partial charge in [-0.25, -0.2) is 4.39 Å². The van der Waals surface area contributed by atoms with Crippen LogP contribution < -0.4 is 0 Å². The highest BCUT2D eigenvalue weighted by atomic mass is 19.1. The van der Waals surface area contributed by atoms with E-state index in [-0.39, 0.29) is 5.41 Å². The van der Waals surface area contributed by atoms with E-state index in [0.717, 1.165) is 19.3 Å². The van der Waals surface area contributed by atoms with Crippen LogP contribution in [0.1, 0.15) is 40.0 Å². The zero-order valence-electron chi connectivity index (χ0n) is 7.65. The zero-order chi connectivity index (χ0) is 8.28. The van der Waals surface area contributed by atoms with Gasteiger partial charge in [-0.3, -0.25) is 0 Å². The van der Waals surface area contributed by atoms with E-state index >= 15 is 0 Å². The highest BCUT2D eigenvalue weighted by Crippen LogP contribution is 2.70. The number of alkyl halides is 1. The third kappa shape index (κ3) is 0.612. The smallest absolute Gasteiger partial charge is 0.119 e. The van der Waals surface area contributed by atoms with E-state index in [1.54, 1.807) is 0 Å². The van der Waals surface area contributed by atoms with Gasteiger partial charge in [0.15, 0.2) is 0 Å². The minimum atomic E-state index is -0.799. The first-order chi connectivity index (χ1) is 5.02. The monoisotopic (exact) mass is 156 g/mol. The van der Waals surface area contributed by atoms with Crippen LogP contribution >= 0.6 is 0 Å². The van der Waals surface area contributed by atoms with Crippen LogP contribution in [0.2, 0.25) is 0 Å². The molecular weight excluding hydrogens is 139 g/mol. The Labute approximate surface area is 68.2 Å². The molecule has 3 unspecified atom stereocenters. The van der Waals surface area contributed by atoms with E-state index in [9.17, 15) is 4.39 Å². The summed E-state index contributed by atoms with van der Waals surface area (Å²) in [6, 6.07) is 0. The molecule has 3 aliphatic rings. The maximum absolute atomic E-state index is 14.1. The van der Waals surface area contributed by atoms with Crippen LogP contribution in [0.4, 0.5) is 4.39 Å². The minimum absolute atomic E-state index is 0.00627. The molecule has 0 spiro atoms. The van der Waals surface area contributed by atoms with E-state index in [2.05, 4.69) is 20.8 Å². The lowest BCUT2D eigenvalue weighted by atomic mass is 9.57. The van der Waals surface area contributed by atoms with Crippen LogP contribution in [-0.4, -0.2) is 5.67 Å². The Morgan fingerprint density at radius 1 is 1.45 bits per heavy atom. The van der Waals surface area contributed by atoms with Crippen molar-refractivity contribution in [2.24, 2.45) is 17.3 Å². The molecular formula is C10H17F. The second-order valence-electron chi connectivity index (χ2n) is 4.83. The maximum atomic E-state index is 14.1. The Morgan fingerprint density at radius 2 is 2.09 bits per heavy atom. The van der Waals surface area contributed by atoms with Gasteiger partial charge < -0.3 is 0 Å². The van der Waals surface area contributed by atoms with E-state index in [1.807, 2.05) is 0 Å². The molecule has 0 aromatic heterocycles. The molecule has 0 amide bonds. The third-order valence-corrected chi connectivity index (χ3v) is 4.34. The minimum Gasteiger partial charge on any atom is -0.243 e. The van der Waals surface area contributed by atoms with E-state index < -0.39 is 5.67 Å². The van der Waals surface area contributed by atoms with Crippen LogP contribution in [0.3, 0.4) is 0 Å². The number of halogens is 1. The number of hydrogen-bond donors (Lipinski definition) is 0. The standard InChI is InChI=1S/C10H17F/c1-4-7-5-8-6-10(7,11)9(8,2)3/h7-8H,4-6H2,1-3H3. The molecule has 0 aromatic carbocycles. The summed E-state index contributed by atoms with van der Waals surface area (Å²) in [5, 5.41) is 0. The molecule has 0 heterocycles. The normalized spacial score (nSPS) is 52.4. The predicted octanol–water partition coefficient (Wildman–Crippen LogP) is 3.17. The SMILES string of the molecule is CCC1CC2CC1(F)C2(C)C. The summed E-state index contributed by atoms with van der Waals surface area (Å²) in [5.41, 5.74) is -0.805. The molecule has 3 rings (SSSR count). The van der Waals surface area contributed by atoms with Gasteiger partial charge in [-0.15, -0.1) is 0 Å². The lowest BCUT2D eigenvalue weighted by molar-refractivity contribution is -0.101. The Hall–Kier alpha value is -0.0700. The predicted molar refractivity (Wildman–Crippen MR) is 44.1 cm³/mol. The summed E-state index contributed by atoms with van der Waals surface area (Å²) in [7, 11) is 0. The summed E-state index contributed by atoms with van der Waals surface area (Å²) in [6.45, 7) is 6.30. The largest absolute Gasteiger partial charge is 0.243 e. The molecule has 3 atom stereocenters. The molecule has 0 radical (unpaired) electrons. The lowest BCUT2D eigenvalue weighted by Gasteiger charge is -2.50. The fourth-order valence-electron chi connectivity index (χ4n) is 3.18. The van der Waals surface area contributed by atoms with Gasteiger partial charge in [-0.05, 0) is 24.7 Å². The van der Waals surface area contributed by atoms with E-state index in [0.29, 0.717) is 11.8 Å². The molecule has 3 saturated carbocycles. The van der Waals surface area contributed by atoms with Gasteiger partial charge >= 0.3 is 0 Å². The third-order valence-electron chi connectivity index (χ3n) is 4.34. The molecule has 0 N–H and O–H groups in total. The van der Waals surface area contributed by atoms with Crippen molar-refractivity contribution < 1.29 is 4.39 Å². The van der Waals surface area contributed by atoms with Gasteiger partial charge in [-0.2, -0.15) is 0 Å². The lowest BCUT2D eigenvalue weighted by Crippen LogP contribution is -2.52. The van der Waals surface area contributed by atoms with Gasteiger partial charge in [0.1, 0.15) is 5.67 Å². The zero-order valence-corrected chi connectivity index (χ0v) is 7.65. The van der Waals surface area contributed by atoms with Crippen molar-refractivity contribution in [2.45, 2.75) is 45.7 Å². The van der Waals surface area contributed by atoms with Crippen molar-refractivity contribution in [3.05, 3.63) is 0 Å². The fraction of sp³-hybridized carbons (Fsp3) is 1.00. The summed E-state index contributed by atoms with van der Waals surface area (Å²) in [4.78, 5) is 0. The van der Waals surface area contributed by atoms with Crippen LogP contribution in [0, 0.1) is 17.3 Å². The van der Waals surface area contributed by atoms with Crippen molar-refractivity contribution in [3.63, 3.8) is 0 Å². The Bertz CT molecular complexity index is 185. The van der Waals surface area contributed by atoms with Crippen molar-refractivity contribution in [1.29, 1.82) is 0 Å². The summed E-state index contributed by atoms with van der Waals surface area (Å²) < 4.78 is 14.1. The molecule has 11 heavy (non-hydrogen) atoms. The molecule has 1 heteroatoms. The van der Waals surface area contributed by atoms with Gasteiger partial charge in [-0.1, -0.05) is 27.2 Å². The second kappa shape index (κ2) is 1.81. The van der Waals surface area contributed by atoms with Crippen LogP contribution in [0.5, 0.6) is 0 Å². The van der Waals surface area contributed by atoms with Gasteiger partial charge in [0.25, 0.3) is 0 Å². The first kappa shape index (κ1) is 7.57. The summed E-state index contributed by atoms with van der Waals surface area (Å²) in [6.07, 6.45) is 3.01. The van der Waals surface area contributed by atoms with Gasteiger partial charge in [0.2, 0.25) is 0 Å². The molecule has 64 valence electrons. The molecule has 0 saturated heterocycles. The Kier molecular flexibility index (Phi) is 1.24. The highest BCUT2D eigenvalue weighted by Gasteiger charge is 2.69. The average molecular weight is 156 g/mol. The Balaban J connectivity index is 2.26. The van der Waals surface area contributed by atoms with Crippen LogP contribution in [-0.2, 0) is 0 Å². The molecule has 3 aliphatic carbocycles. The fourth-order valence-corrected chi connectivity index (χ4v) is 3.18. The van der Waals surface area contributed by atoms with Gasteiger partial charge in [0, 0.05) is 5.41 Å². The summed E-state index contributed by atoms with van der Waals surface area (Å²) in [5.74, 6) is 1.04. The number of hydrogen-bond acceptors (Lipinski definition) is 0. The van der Waals surface area contributed by atoms with Crippen molar-refractivity contribution >= 4 is 0 Å². The molecule has 0 nitrogen and oxygen atoms in total. The Morgan fingerprint density at radius 3 is 2.27 bits per heavy atom. The van der Waals surface area contributed by atoms with Gasteiger partial charge in [0.05, 0.1) is 0 Å². The molecule has 2 bridgehead atoms. The summed E-state index contributed by atoms with van der Waals surface area (Å²) >= 11 is 0. The molecule has 0 aromatic rings. The maximum Gasteiger partial charge on any atom is 0.119 e. The molecule has 3 fully saturated rings. The number of rotatable bonds is 1. The first-order valence-electron chi connectivity index (χ1n) is 4.71. The van der Waals surface area contributed by atoms with Crippen molar-refractivity contribution in [3.8, 4) is 0 Å². The van der Waals surface area contributed by atoms with E-state index in [4.69, 9.17) is 0 Å². The van der Waals surface area contributed by atoms with Crippen molar-refractivity contribution in [1.82, 2.24) is 0 Å². The quantitative estimate of drug-likeness (QED) is 0.547. The molecule has 0 aliphatic heterocycles. The second-order valence-corrected chi connectivity index (χ2v) is 4.83. The number of fused-ring (bicyclic) bond motifs is 1. The topological polar surface area (TPSA) is 0 Å². The van der Waals surface area contributed by atoms with Crippen LogP contribution in [0.25, 0.3) is 0 Å².